The summed E-state index contributed by atoms with van der Waals surface area (Å²) in [6, 6.07) is 3.43. The normalized spacial score (nSPS) is 19.9. The van der Waals surface area contributed by atoms with Crippen LogP contribution in [0.15, 0.2) is 18.2 Å². The monoisotopic (exact) mass is 285 g/mol. The van der Waals surface area contributed by atoms with Crippen LogP contribution in [-0.4, -0.2) is 49.7 Å². The number of carbonyl (C=O) groups is 1. The van der Waals surface area contributed by atoms with E-state index in [0.717, 1.165) is 12.1 Å². The third-order valence-corrected chi connectivity index (χ3v) is 3.08. The zero-order valence-electron chi connectivity index (χ0n) is 10.9. The number of nitrogens with zero attached hydrogens (tertiary/aromatic N) is 1. The molecule has 1 saturated heterocycles. The predicted octanol–water partition coefficient (Wildman–Crippen LogP) is 0.563. The van der Waals surface area contributed by atoms with Gasteiger partial charge in [-0.2, -0.15) is 0 Å². The van der Waals surface area contributed by atoms with Crippen molar-refractivity contribution in [3.63, 3.8) is 0 Å². The molecule has 1 atom stereocenters. The van der Waals surface area contributed by atoms with Crippen molar-refractivity contribution in [1.82, 2.24) is 4.90 Å². The van der Waals surface area contributed by atoms with Gasteiger partial charge in [0.2, 0.25) is 5.91 Å². The molecular weight excluding hydrogens is 268 g/mol. The second-order valence-corrected chi connectivity index (χ2v) is 4.61. The van der Waals surface area contributed by atoms with Gasteiger partial charge in [0.05, 0.1) is 19.3 Å². The smallest absolute Gasteiger partial charge is 0.238 e. The van der Waals surface area contributed by atoms with Crippen molar-refractivity contribution in [3.8, 4) is 0 Å². The van der Waals surface area contributed by atoms with Gasteiger partial charge in [0.25, 0.3) is 0 Å². The van der Waals surface area contributed by atoms with Gasteiger partial charge >= 0.3 is 0 Å². The highest BCUT2D eigenvalue weighted by molar-refractivity contribution is 5.92. The van der Waals surface area contributed by atoms with E-state index in [-0.39, 0.29) is 12.6 Å². The first-order valence-corrected chi connectivity index (χ1v) is 6.38. The minimum absolute atomic E-state index is 0.0492. The lowest BCUT2D eigenvalue weighted by Gasteiger charge is -2.31. The van der Waals surface area contributed by atoms with E-state index in [1.165, 1.54) is 6.07 Å². The second-order valence-electron chi connectivity index (χ2n) is 4.61. The minimum Gasteiger partial charge on any atom is -0.374 e. The lowest BCUT2D eigenvalue weighted by molar-refractivity contribution is -0.119. The zero-order valence-corrected chi connectivity index (χ0v) is 10.9. The molecule has 1 aliphatic rings. The number of carbonyl (C=O) groups excluding carboxylic acids is 1. The van der Waals surface area contributed by atoms with E-state index in [9.17, 15) is 13.6 Å². The second kappa shape index (κ2) is 6.74. The fourth-order valence-corrected chi connectivity index (χ4v) is 2.07. The first-order valence-electron chi connectivity index (χ1n) is 6.38. The molecule has 1 aromatic carbocycles. The molecule has 3 N–H and O–H groups in total. The lowest BCUT2D eigenvalue weighted by atomic mass is 10.2. The van der Waals surface area contributed by atoms with Gasteiger partial charge in [0, 0.05) is 19.6 Å². The van der Waals surface area contributed by atoms with E-state index in [0.29, 0.717) is 26.2 Å². The maximum atomic E-state index is 13.4. The Labute approximate surface area is 115 Å². The number of halogens is 2. The largest absolute Gasteiger partial charge is 0.374 e. The number of hydrogen-bond acceptors (Lipinski definition) is 4. The van der Waals surface area contributed by atoms with Gasteiger partial charge in [-0.1, -0.05) is 6.07 Å². The Morgan fingerprint density at radius 2 is 2.15 bits per heavy atom. The predicted molar refractivity (Wildman–Crippen MR) is 70.2 cm³/mol. The van der Waals surface area contributed by atoms with E-state index in [1.54, 1.807) is 0 Å². The van der Waals surface area contributed by atoms with Crippen molar-refractivity contribution in [2.24, 2.45) is 5.73 Å². The van der Waals surface area contributed by atoms with Crippen molar-refractivity contribution in [2.45, 2.75) is 6.10 Å². The molecule has 0 saturated carbocycles. The standard InChI is InChI=1S/C13H17F2N3O2/c14-10-2-1-3-11(15)13(10)17-12(19)8-18-4-5-20-9(6-16)7-18/h1-3,9H,4-8,16H2,(H,17,19). The van der Waals surface area contributed by atoms with Gasteiger partial charge in [-0.05, 0) is 12.1 Å². The third-order valence-electron chi connectivity index (χ3n) is 3.08. The van der Waals surface area contributed by atoms with Crippen LogP contribution in [0.2, 0.25) is 0 Å². The topological polar surface area (TPSA) is 67.6 Å². The highest BCUT2D eigenvalue weighted by Gasteiger charge is 2.21. The number of anilines is 1. The molecule has 1 aromatic rings. The Morgan fingerprint density at radius 3 is 2.80 bits per heavy atom. The van der Waals surface area contributed by atoms with Gasteiger partial charge in [-0.15, -0.1) is 0 Å². The van der Waals surface area contributed by atoms with E-state index >= 15 is 0 Å². The Kier molecular flexibility index (Phi) is 4.99. The van der Waals surface area contributed by atoms with Gasteiger partial charge in [-0.3, -0.25) is 9.69 Å². The van der Waals surface area contributed by atoms with Gasteiger partial charge in [0.1, 0.15) is 17.3 Å². The summed E-state index contributed by atoms with van der Waals surface area (Å²) in [5.41, 5.74) is 5.09. The van der Waals surface area contributed by atoms with Crippen molar-refractivity contribution in [2.75, 3.05) is 38.1 Å². The van der Waals surface area contributed by atoms with Gasteiger partial charge < -0.3 is 15.8 Å². The van der Waals surface area contributed by atoms with E-state index < -0.39 is 23.2 Å². The number of nitrogens with one attached hydrogen (secondary N) is 1. The molecule has 0 radical (unpaired) electrons. The number of amides is 1. The molecule has 0 aliphatic carbocycles. The van der Waals surface area contributed by atoms with Crippen molar-refractivity contribution in [1.29, 1.82) is 0 Å². The molecule has 0 aromatic heterocycles. The maximum absolute atomic E-state index is 13.4. The van der Waals surface area contributed by atoms with Crippen molar-refractivity contribution in [3.05, 3.63) is 29.8 Å². The molecule has 20 heavy (non-hydrogen) atoms. The Morgan fingerprint density at radius 1 is 1.45 bits per heavy atom. The average Bonchev–Trinajstić information content (AvgIpc) is 2.43. The quantitative estimate of drug-likeness (QED) is 0.848. The highest BCUT2D eigenvalue weighted by Crippen LogP contribution is 2.17. The molecule has 0 spiro atoms. The number of benzene rings is 1. The Balaban J connectivity index is 1.92. The van der Waals surface area contributed by atoms with Crippen LogP contribution in [0.4, 0.5) is 14.5 Å². The summed E-state index contributed by atoms with van der Waals surface area (Å²) in [4.78, 5) is 13.7. The molecular formula is C13H17F2N3O2. The van der Waals surface area contributed by atoms with Crippen LogP contribution in [0.5, 0.6) is 0 Å². The van der Waals surface area contributed by atoms with Crippen LogP contribution in [-0.2, 0) is 9.53 Å². The highest BCUT2D eigenvalue weighted by atomic mass is 19.1. The molecule has 1 fully saturated rings. The number of ether oxygens (including phenoxy) is 1. The number of nitrogens with two attached hydrogens (primary N) is 1. The average molecular weight is 285 g/mol. The molecule has 0 bridgehead atoms. The van der Waals surface area contributed by atoms with Crippen molar-refractivity contribution < 1.29 is 18.3 Å². The Bertz CT molecular complexity index is 464. The fraction of sp³-hybridized carbons (Fsp3) is 0.462. The van der Waals surface area contributed by atoms with Crippen LogP contribution in [0.3, 0.4) is 0 Å². The number of morpholine rings is 1. The first kappa shape index (κ1) is 14.8. The number of hydrogen-bond donors (Lipinski definition) is 2. The molecule has 1 aliphatic heterocycles. The summed E-state index contributed by atoms with van der Waals surface area (Å²) < 4.78 is 32.2. The van der Waals surface area contributed by atoms with E-state index in [2.05, 4.69) is 5.32 Å². The van der Waals surface area contributed by atoms with Gasteiger partial charge in [-0.25, -0.2) is 8.78 Å². The lowest BCUT2D eigenvalue weighted by Crippen LogP contribution is -2.48. The van der Waals surface area contributed by atoms with Crippen LogP contribution in [0.25, 0.3) is 0 Å². The van der Waals surface area contributed by atoms with E-state index in [1.807, 2.05) is 4.90 Å². The molecule has 110 valence electrons. The summed E-state index contributed by atoms with van der Waals surface area (Å²) in [6.45, 7) is 2.03. The van der Waals surface area contributed by atoms with Crippen LogP contribution < -0.4 is 11.1 Å². The summed E-state index contributed by atoms with van der Waals surface area (Å²) in [5, 5.41) is 2.26. The zero-order chi connectivity index (χ0) is 14.5. The molecule has 1 heterocycles. The summed E-state index contributed by atoms with van der Waals surface area (Å²) >= 11 is 0. The summed E-state index contributed by atoms with van der Waals surface area (Å²) in [7, 11) is 0. The van der Waals surface area contributed by atoms with Crippen LogP contribution in [0.1, 0.15) is 0 Å². The molecule has 7 heteroatoms. The van der Waals surface area contributed by atoms with Crippen LogP contribution >= 0.6 is 0 Å². The van der Waals surface area contributed by atoms with Crippen LogP contribution in [0, 0.1) is 11.6 Å². The van der Waals surface area contributed by atoms with Gasteiger partial charge in [0.15, 0.2) is 0 Å². The third kappa shape index (κ3) is 3.72. The Hall–Kier alpha value is -1.57. The number of rotatable bonds is 4. The fourth-order valence-electron chi connectivity index (χ4n) is 2.07. The minimum atomic E-state index is -0.792. The van der Waals surface area contributed by atoms with Crippen molar-refractivity contribution >= 4 is 11.6 Å². The maximum Gasteiger partial charge on any atom is 0.238 e. The first-order chi connectivity index (χ1) is 9.60. The number of para-hydroxylation sites is 1. The molecule has 5 nitrogen and oxygen atoms in total. The summed E-state index contributed by atoms with van der Waals surface area (Å²) in [5.74, 6) is -2.05. The molecule has 2 rings (SSSR count). The SMILES string of the molecule is NCC1CN(CC(=O)Nc2c(F)cccc2F)CCO1. The molecule has 1 unspecified atom stereocenters. The van der Waals surface area contributed by atoms with E-state index in [4.69, 9.17) is 10.5 Å². The summed E-state index contributed by atoms with van der Waals surface area (Å²) in [6.07, 6.45) is -0.109. The molecule has 1 amide bonds.